The van der Waals surface area contributed by atoms with Crippen LogP contribution in [0.1, 0.15) is 32.0 Å². The average Bonchev–Trinajstić information content (AvgIpc) is 2.84. The second-order valence-corrected chi connectivity index (χ2v) is 5.73. The summed E-state index contributed by atoms with van der Waals surface area (Å²) in [5.74, 6) is 0. The van der Waals surface area contributed by atoms with Crippen LogP contribution in [0.4, 0.5) is 0 Å². The van der Waals surface area contributed by atoms with Crippen molar-refractivity contribution in [1.82, 2.24) is 20.3 Å². The molecule has 5 heteroatoms. The van der Waals surface area contributed by atoms with Crippen LogP contribution in [0.25, 0.3) is 5.69 Å². The molecule has 4 nitrogen and oxygen atoms in total. The van der Waals surface area contributed by atoms with E-state index in [0.717, 1.165) is 28.8 Å². The van der Waals surface area contributed by atoms with E-state index in [1.807, 2.05) is 16.9 Å². The van der Waals surface area contributed by atoms with Crippen molar-refractivity contribution in [3.05, 3.63) is 40.1 Å². The fourth-order valence-corrected chi connectivity index (χ4v) is 2.28. The quantitative estimate of drug-likeness (QED) is 0.919. The van der Waals surface area contributed by atoms with E-state index in [1.54, 1.807) is 0 Å². The lowest BCUT2D eigenvalue weighted by molar-refractivity contribution is 0.580. The molecule has 0 saturated heterocycles. The second-order valence-electron chi connectivity index (χ2n) is 4.82. The van der Waals surface area contributed by atoms with Crippen LogP contribution in [-0.2, 0) is 13.0 Å². The standard InChI is InChI=1S/C14H19BrN4/c1-4-11-7-12(15)5-6-14(11)19-9-13(17-18-19)8-16-10(2)3/h5-7,9-10,16H,4,8H2,1-3H3. The molecule has 1 aromatic carbocycles. The van der Waals surface area contributed by atoms with E-state index < -0.39 is 0 Å². The van der Waals surface area contributed by atoms with Gasteiger partial charge in [0.05, 0.1) is 17.6 Å². The molecule has 1 aromatic heterocycles. The zero-order valence-electron chi connectivity index (χ0n) is 11.5. The summed E-state index contributed by atoms with van der Waals surface area (Å²) >= 11 is 3.50. The van der Waals surface area contributed by atoms with Crippen molar-refractivity contribution in [3.63, 3.8) is 0 Å². The zero-order chi connectivity index (χ0) is 13.8. The Morgan fingerprint density at radius 3 is 2.84 bits per heavy atom. The number of halogens is 1. The normalized spacial score (nSPS) is 11.2. The number of aromatic nitrogens is 3. The number of rotatable bonds is 5. The van der Waals surface area contributed by atoms with Crippen molar-refractivity contribution >= 4 is 15.9 Å². The molecule has 0 saturated carbocycles. The molecule has 19 heavy (non-hydrogen) atoms. The lowest BCUT2D eigenvalue weighted by atomic mass is 10.1. The van der Waals surface area contributed by atoms with E-state index >= 15 is 0 Å². The highest BCUT2D eigenvalue weighted by atomic mass is 79.9. The third kappa shape index (κ3) is 3.64. The van der Waals surface area contributed by atoms with Gasteiger partial charge in [-0.1, -0.05) is 41.9 Å². The van der Waals surface area contributed by atoms with Gasteiger partial charge in [0.15, 0.2) is 0 Å². The smallest absolute Gasteiger partial charge is 0.0969 e. The van der Waals surface area contributed by atoms with Crippen molar-refractivity contribution in [3.8, 4) is 5.69 Å². The predicted molar refractivity (Wildman–Crippen MR) is 80.4 cm³/mol. The van der Waals surface area contributed by atoms with Crippen LogP contribution in [0.2, 0.25) is 0 Å². The van der Waals surface area contributed by atoms with Crippen LogP contribution < -0.4 is 5.32 Å². The lowest BCUT2D eigenvalue weighted by Gasteiger charge is -2.07. The van der Waals surface area contributed by atoms with E-state index in [1.165, 1.54) is 5.56 Å². The van der Waals surface area contributed by atoms with Gasteiger partial charge < -0.3 is 5.32 Å². The first-order chi connectivity index (χ1) is 9.10. The summed E-state index contributed by atoms with van der Waals surface area (Å²) in [4.78, 5) is 0. The second kappa shape index (κ2) is 6.30. The molecule has 0 aliphatic rings. The van der Waals surface area contributed by atoms with Crippen molar-refractivity contribution < 1.29 is 0 Å². The summed E-state index contributed by atoms with van der Waals surface area (Å²) < 4.78 is 2.94. The Balaban J connectivity index is 2.22. The van der Waals surface area contributed by atoms with Crippen LogP contribution >= 0.6 is 15.9 Å². The first kappa shape index (κ1) is 14.2. The van der Waals surface area contributed by atoms with Gasteiger partial charge in [-0.2, -0.15) is 0 Å². The first-order valence-electron chi connectivity index (χ1n) is 6.53. The Labute approximate surface area is 122 Å². The van der Waals surface area contributed by atoms with Crippen LogP contribution in [-0.4, -0.2) is 21.0 Å². The van der Waals surface area contributed by atoms with Gasteiger partial charge in [-0.25, -0.2) is 4.68 Å². The first-order valence-corrected chi connectivity index (χ1v) is 7.33. The number of aryl methyl sites for hydroxylation is 1. The van der Waals surface area contributed by atoms with Gasteiger partial charge in [-0.05, 0) is 30.2 Å². The Hall–Kier alpha value is -1.20. The molecule has 2 rings (SSSR count). The van der Waals surface area contributed by atoms with Gasteiger partial charge in [0.1, 0.15) is 0 Å². The fraction of sp³-hybridized carbons (Fsp3) is 0.429. The number of benzene rings is 1. The highest BCUT2D eigenvalue weighted by molar-refractivity contribution is 9.10. The largest absolute Gasteiger partial charge is 0.309 e. The maximum atomic E-state index is 4.21. The zero-order valence-corrected chi connectivity index (χ0v) is 13.1. The number of nitrogens with one attached hydrogen (secondary N) is 1. The number of hydrogen-bond acceptors (Lipinski definition) is 3. The van der Waals surface area contributed by atoms with E-state index in [0.29, 0.717) is 6.04 Å². The van der Waals surface area contributed by atoms with Crippen molar-refractivity contribution in [2.75, 3.05) is 0 Å². The van der Waals surface area contributed by atoms with Gasteiger partial charge in [0.2, 0.25) is 0 Å². The topological polar surface area (TPSA) is 42.7 Å². The molecule has 2 aromatic rings. The van der Waals surface area contributed by atoms with Crippen LogP contribution in [0.5, 0.6) is 0 Å². The summed E-state index contributed by atoms with van der Waals surface area (Å²) in [6.45, 7) is 7.13. The Morgan fingerprint density at radius 1 is 1.37 bits per heavy atom. The monoisotopic (exact) mass is 322 g/mol. The minimum atomic E-state index is 0.448. The fourth-order valence-electron chi connectivity index (χ4n) is 1.87. The molecular weight excluding hydrogens is 304 g/mol. The molecule has 102 valence electrons. The van der Waals surface area contributed by atoms with Crippen LogP contribution in [0.3, 0.4) is 0 Å². The summed E-state index contributed by atoms with van der Waals surface area (Å²) in [5.41, 5.74) is 3.30. The van der Waals surface area contributed by atoms with Crippen molar-refractivity contribution in [2.45, 2.75) is 39.8 Å². The summed E-state index contributed by atoms with van der Waals surface area (Å²) in [7, 11) is 0. The highest BCUT2D eigenvalue weighted by Crippen LogP contribution is 2.20. The molecule has 0 aliphatic carbocycles. The van der Waals surface area contributed by atoms with E-state index in [9.17, 15) is 0 Å². The molecule has 1 N–H and O–H groups in total. The average molecular weight is 323 g/mol. The van der Waals surface area contributed by atoms with E-state index in [-0.39, 0.29) is 0 Å². The van der Waals surface area contributed by atoms with Gasteiger partial charge >= 0.3 is 0 Å². The van der Waals surface area contributed by atoms with Crippen LogP contribution in [0.15, 0.2) is 28.9 Å². The van der Waals surface area contributed by atoms with Gasteiger partial charge in [0.25, 0.3) is 0 Å². The summed E-state index contributed by atoms with van der Waals surface area (Å²) in [6, 6.07) is 6.67. The molecule has 0 atom stereocenters. The van der Waals surface area contributed by atoms with E-state index in [2.05, 4.69) is 64.5 Å². The maximum absolute atomic E-state index is 4.21. The van der Waals surface area contributed by atoms with Gasteiger partial charge in [0, 0.05) is 17.1 Å². The SMILES string of the molecule is CCc1cc(Br)ccc1-n1cc(CNC(C)C)nn1. The molecule has 0 bridgehead atoms. The summed E-state index contributed by atoms with van der Waals surface area (Å²) in [6.07, 6.45) is 2.95. The number of nitrogens with zero attached hydrogens (tertiary/aromatic N) is 3. The summed E-state index contributed by atoms with van der Waals surface area (Å²) in [5, 5.41) is 11.8. The van der Waals surface area contributed by atoms with Crippen molar-refractivity contribution in [2.24, 2.45) is 0 Å². The van der Waals surface area contributed by atoms with Crippen LogP contribution in [0, 0.1) is 0 Å². The highest BCUT2D eigenvalue weighted by Gasteiger charge is 2.07. The third-order valence-electron chi connectivity index (χ3n) is 2.90. The van der Waals surface area contributed by atoms with E-state index in [4.69, 9.17) is 0 Å². The predicted octanol–water partition coefficient (Wildman–Crippen LogP) is 3.09. The maximum Gasteiger partial charge on any atom is 0.0969 e. The Morgan fingerprint density at radius 2 is 2.16 bits per heavy atom. The van der Waals surface area contributed by atoms with Gasteiger partial charge in [-0.3, -0.25) is 0 Å². The Kier molecular flexibility index (Phi) is 4.71. The molecular formula is C14H19BrN4. The Bertz CT molecular complexity index is 548. The molecule has 1 heterocycles. The minimum absolute atomic E-state index is 0.448. The molecule has 0 spiro atoms. The third-order valence-corrected chi connectivity index (χ3v) is 3.39. The molecule has 0 fully saturated rings. The minimum Gasteiger partial charge on any atom is -0.309 e. The lowest BCUT2D eigenvalue weighted by Crippen LogP contribution is -2.21. The molecule has 0 amide bonds. The van der Waals surface area contributed by atoms with Crippen molar-refractivity contribution in [1.29, 1.82) is 0 Å². The molecule has 0 unspecified atom stereocenters. The van der Waals surface area contributed by atoms with Gasteiger partial charge in [-0.15, -0.1) is 5.10 Å². The molecule has 0 aliphatic heterocycles. The number of hydrogen-bond donors (Lipinski definition) is 1. The molecule has 0 radical (unpaired) electrons.